The summed E-state index contributed by atoms with van der Waals surface area (Å²) >= 11 is 12.5. The SMILES string of the molecule is CC1=C(C(=O)N2CCC[C@H]2c2ccc(F)cc2)[C@H](c2ccc(Cl)c(Cl)c2)n2ncc(C)c2N1. The van der Waals surface area contributed by atoms with E-state index in [-0.39, 0.29) is 17.8 Å². The second-order valence-electron chi connectivity index (χ2n) is 8.57. The third-order valence-corrected chi connectivity index (χ3v) is 7.20. The Morgan fingerprint density at radius 1 is 1.09 bits per heavy atom. The molecule has 3 heterocycles. The standard InChI is InChI=1S/C25H23Cl2FN4O/c1-14-13-29-32-23(17-7-10-19(26)20(27)12-17)22(15(2)30-24(14)32)25(33)31-11-3-4-21(31)16-5-8-18(28)9-6-16/h5-10,12-13,21,23,30H,3-4,11H2,1-2H3/t21-,23-/m0/s1. The minimum atomic E-state index is -0.452. The van der Waals surface area contributed by atoms with E-state index in [0.717, 1.165) is 41.0 Å². The van der Waals surface area contributed by atoms with E-state index in [0.29, 0.717) is 22.2 Å². The zero-order valence-corrected chi connectivity index (χ0v) is 19.8. The van der Waals surface area contributed by atoms with Crippen LogP contribution >= 0.6 is 23.2 Å². The molecular weight excluding hydrogens is 462 g/mol. The summed E-state index contributed by atoms with van der Waals surface area (Å²) in [5.41, 5.74) is 4.13. The van der Waals surface area contributed by atoms with Crippen LogP contribution in [0.2, 0.25) is 10.0 Å². The number of halogens is 3. The zero-order chi connectivity index (χ0) is 23.3. The highest BCUT2D eigenvalue weighted by molar-refractivity contribution is 6.42. The topological polar surface area (TPSA) is 50.2 Å². The van der Waals surface area contributed by atoms with Gasteiger partial charge in [0.15, 0.2) is 0 Å². The summed E-state index contributed by atoms with van der Waals surface area (Å²) in [6, 6.07) is 11.3. The second-order valence-corrected chi connectivity index (χ2v) is 9.38. The van der Waals surface area contributed by atoms with Crippen molar-refractivity contribution >= 4 is 34.9 Å². The fourth-order valence-electron chi connectivity index (χ4n) is 4.84. The molecule has 2 aliphatic rings. The molecule has 2 aliphatic heterocycles. The van der Waals surface area contributed by atoms with E-state index in [1.165, 1.54) is 12.1 Å². The van der Waals surface area contributed by atoms with Crippen LogP contribution in [0.1, 0.15) is 48.5 Å². The van der Waals surface area contributed by atoms with Gasteiger partial charge in [0.2, 0.25) is 0 Å². The van der Waals surface area contributed by atoms with Crippen molar-refractivity contribution < 1.29 is 9.18 Å². The fourth-order valence-corrected chi connectivity index (χ4v) is 5.14. The van der Waals surface area contributed by atoms with Crippen molar-refractivity contribution in [3.8, 4) is 0 Å². The molecule has 1 fully saturated rings. The predicted octanol–water partition coefficient (Wildman–Crippen LogP) is 6.29. The minimum Gasteiger partial charge on any atom is -0.343 e. The van der Waals surface area contributed by atoms with Crippen LogP contribution in [0.5, 0.6) is 0 Å². The Bertz CT molecular complexity index is 1270. The lowest BCUT2D eigenvalue weighted by Crippen LogP contribution is -2.38. The molecule has 8 heteroatoms. The van der Waals surface area contributed by atoms with Crippen molar-refractivity contribution in [2.75, 3.05) is 11.9 Å². The Balaban J connectivity index is 1.59. The lowest BCUT2D eigenvalue weighted by molar-refractivity contribution is -0.128. The van der Waals surface area contributed by atoms with E-state index < -0.39 is 6.04 Å². The van der Waals surface area contributed by atoms with Crippen LogP contribution in [0.3, 0.4) is 0 Å². The van der Waals surface area contributed by atoms with Gasteiger partial charge < -0.3 is 10.2 Å². The van der Waals surface area contributed by atoms with Crippen LogP contribution in [-0.2, 0) is 4.79 Å². The highest BCUT2D eigenvalue weighted by atomic mass is 35.5. The molecule has 1 saturated heterocycles. The highest BCUT2D eigenvalue weighted by Gasteiger charge is 2.39. The van der Waals surface area contributed by atoms with Gasteiger partial charge in [-0.25, -0.2) is 9.07 Å². The number of carbonyl (C=O) groups excluding carboxylic acids is 1. The molecular formula is C25H23Cl2FN4O. The summed E-state index contributed by atoms with van der Waals surface area (Å²) in [6.45, 7) is 4.52. The fraction of sp³-hybridized carbons (Fsp3) is 0.280. The van der Waals surface area contributed by atoms with E-state index in [1.54, 1.807) is 30.5 Å². The number of amides is 1. The van der Waals surface area contributed by atoms with Crippen molar-refractivity contribution in [3.63, 3.8) is 0 Å². The highest BCUT2D eigenvalue weighted by Crippen LogP contribution is 2.42. The number of rotatable bonds is 3. The molecule has 0 radical (unpaired) electrons. The average molecular weight is 485 g/mol. The van der Waals surface area contributed by atoms with Gasteiger partial charge in [-0.1, -0.05) is 41.4 Å². The first kappa shape index (κ1) is 22.0. The van der Waals surface area contributed by atoms with Crippen molar-refractivity contribution in [2.45, 2.75) is 38.8 Å². The number of aromatic nitrogens is 2. The molecule has 1 aromatic heterocycles. The van der Waals surface area contributed by atoms with Crippen molar-refractivity contribution in [2.24, 2.45) is 0 Å². The first-order valence-corrected chi connectivity index (χ1v) is 11.6. The van der Waals surface area contributed by atoms with Gasteiger partial charge in [0, 0.05) is 17.8 Å². The van der Waals surface area contributed by atoms with E-state index in [4.69, 9.17) is 23.2 Å². The Kier molecular flexibility index (Phi) is 5.67. The number of aryl methyl sites for hydroxylation is 1. The maximum atomic E-state index is 14.1. The maximum Gasteiger partial charge on any atom is 0.254 e. The molecule has 2 atom stereocenters. The maximum absolute atomic E-state index is 14.1. The van der Waals surface area contributed by atoms with Gasteiger partial charge in [-0.05, 0) is 62.1 Å². The number of benzene rings is 2. The monoisotopic (exact) mass is 484 g/mol. The van der Waals surface area contributed by atoms with Crippen LogP contribution in [0.25, 0.3) is 0 Å². The molecule has 170 valence electrons. The van der Waals surface area contributed by atoms with Gasteiger partial charge in [0.25, 0.3) is 5.91 Å². The van der Waals surface area contributed by atoms with Gasteiger partial charge in [0.05, 0.1) is 27.9 Å². The van der Waals surface area contributed by atoms with Crippen LogP contribution in [0.4, 0.5) is 10.2 Å². The third kappa shape index (κ3) is 3.81. The smallest absolute Gasteiger partial charge is 0.254 e. The van der Waals surface area contributed by atoms with E-state index in [1.807, 2.05) is 29.5 Å². The summed E-state index contributed by atoms with van der Waals surface area (Å²) < 4.78 is 15.3. The van der Waals surface area contributed by atoms with E-state index in [9.17, 15) is 9.18 Å². The Morgan fingerprint density at radius 3 is 2.55 bits per heavy atom. The van der Waals surface area contributed by atoms with Gasteiger partial charge in [-0.15, -0.1) is 0 Å². The van der Waals surface area contributed by atoms with Gasteiger partial charge >= 0.3 is 0 Å². The number of nitrogens with zero attached hydrogens (tertiary/aromatic N) is 3. The molecule has 0 unspecified atom stereocenters. The quantitative estimate of drug-likeness (QED) is 0.475. The Labute approximate surface area is 201 Å². The molecule has 1 amide bonds. The van der Waals surface area contributed by atoms with Crippen LogP contribution in [0, 0.1) is 12.7 Å². The summed E-state index contributed by atoms with van der Waals surface area (Å²) in [4.78, 5) is 16.0. The molecule has 2 aromatic carbocycles. The van der Waals surface area contributed by atoms with Crippen LogP contribution in [-0.4, -0.2) is 27.1 Å². The van der Waals surface area contributed by atoms with Crippen molar-refractivity contribution in [1.29, 1.82) is 0 Å². The molecule has 0 spiro atoms. The lowest BCUT2D eigenvalue weighted by Gasteiger charge is -2.34. The number of fused-ring (bicyclic) bond motifs is 1. The minimum absolute atomic E-state index is 0.0679. The average Bonchev–Trinajstić information content (AvgIpc) is 3.42. The summed E-state index contributed by atoms with van der Waals surface area (Å²) in [5.74, 6) is 0.490. The second kappa shape index (κ2) is 8.50. The normalized spacial score (nSPS) is 20.1. The van der Waals surface area contributed by atoms with Crippen molar-refractivity contribution in [3.05, 3.63) is 92.5 Å². The first-order valence-electron chi connectivity index (χ1n) is 10.9. The van der Waals surface area contributed by atoms with Gasteiger partial charge in [0.1, 0.15) is 17.7 Å². The largest absolute Gasteiger partial charge is 0.343 e. The number of carbonyl (C=O) groups is 1. The molecule has 5 rings (SSSR count). The number of nitrogens with one attached hydrogen (secondary N) is 1. The first-order chi connectivity index (χ1) is 15.8. The van der Waals surface area contributed by atoms with Gasteiger partial charge in [-0.2, -0.15) is 5.10 Å². The Hall–Kier alpha value is -2.83. The number of allylic oxidation sites excluding steroid dienone is 1. The van der Waals surface area contributed by atoms with Crippen LogP contribution in [0.15, 0.2) is 59.9 Å². The Morgan fingerprint density at radius 2 is 1.82 bits per heavy atom. The molecule has 3 aromatic rings. The number of anilines is 1. The van der Waals surface area contributed by atoms with E-state index in [2.05, 4.69) is 10.4 Å². The van der Waals surface area contributed by atoms with Gasteiger partial charge in [-0.3, -0.25) is 4.79 Å². The molecule has 0 saturated carbocycles. The van der Waals surface area contributed by atoms with E-state index >= 15 is 0 Å². The molecule has 5 nitrogen and oxygen atoms in total. The molecule has 1 N–H and O–H groups in total. The predicted molar refractivity (Wildman–Crippen MR) is 128 cm³/mol. The summed E-state index contributed by atoms with van der Waals surface area (Å²) in [5, 5.41) is 8.83. The number of hydrogen-bond donors (Lipinski definition) is 1. The molecule has 0 bridgehead atoms. The van der Waals surface area contributed by atoms with Crippen LogP contribution < -0.4 is 5.32 Å². The number of likely N-dealkylation sites (tertiary alicyclic amines) is 1. The molecule has 0 aliphatic carbocycles. The third-order valence-electron chi connectivity index (χ3n) is 6.46. The summed E-state index contributed by atoms with van der Waals surface area (Å²) in [6.07, 6.45) is 3.50. The lowest BCUT2D eigenvalue weighted by atomic mass is 9.93. The molecule has 33 heavy (non-hydrogen) atoms. The zero-order valence-electron chi connectivity index (χ0n) is 18.3. The summed E-state index contributed by atoms with van der Waals surface area (Å²) in [7, 11) is 0. The number of hydrogen-bond acceptors (Lipinski definition) is 3. The van der Waals surface area contributed by atoms with Crippen molar-refractivity contribution in [1.82, 2.24) is 14.7 Å².